The fourth-order valence-corrected chi connectivity index (χ4v) is 3.21. The zero-order valence-corrected chi connectivity index (χ0v) is 14.1. The Bertz CT molecular complexity index is 624. The monoisotopic (exact) mass is 368 g/mol. The third-order valence-electron chi connectivity index (χ3n) is 3.26. The molecule has 0 bridgehead atoms. The number of hydrogen-bond acceptors (Lipinski definition) is 4. The molecule has 0 aliphatic carbocycles. The Hall–Kier alpha value is -0.700. The second-order valence-corrected chi connectivity index (χ2v) is 8.10. The zero-order valence-electron chi connectivity index (χ0n) is 11.7. The minimum absolute atomic E-state index is 0.104. The summed E-state index contributed by atoms with van der Waals surface area (Å²) in [5.41, 5.74) is 3.15. The van der Waals surface area contributed by atoms with Gasteiger partial charge in [0, 0.05) is 10.2 Å². The van der Waals surface area contributed by atoms with E-state index in [0.717, 1.165) is 12.1 Å². The van der Waals surface area contributed by atoms with E-state index in [9.17, 15) is 17.9 Å². The van der Waals surface area contributed by atoms with Gasteiger partial charge in [0.05, 0.1) is 11.1 Å². The molecule has 0 amide bonds. The predicted octanol–water partition coefficient (Wildman–Crippen LogP) is 2.00. The largest absolute Gasteiger partial charge is 0.398 e. The van der Waals surface area contributed by atoms with E-state index in [1.807, 2.05) is 0 Å². The highest BCUT2D eigenvalue weighted by Gasteiger charge is 2.39. The molecule has 20 heavy (non-hydrogen) atoms. The van der Waals surface area contributed by atoms with Gasteiger partial charge in [-0.25, -0.2) is 17.5 Å². The summed E-state index contributed by atoms with van der Waals surface area (Å²) in [5.74, 6) is -0.926. The van der Waals surface area contributed by atoms with Crippen LogP contribution in [0.1, 0.15) is 27.7 Å². The summed E-state index contributed by atoms with van der Waals surface area (Å²) in [7, 11) is -4.16. The Labute approximate surface area is 126 Å². The van der Waals surface area contributed by atoms with Gasteiger partial charge in [0.2, 0.25) is 10.0 Å². The fraction of sp³-hybridized carbons (Fsp3) is 0.500. The first kappa shape index (κ1) is 17.4. The van der Waals surface area contributed by atoms with E-state index in [1.165, 1.54) is 27.7 Å². The lowest BCUT2D eigenvalue weighted by Gasteiger charge is -2.37. The number of halogens is 2. The summed E-state index contributed by atoms with van der Waals surface area (Å²) in [5, 5.41) is 9.97. The van der Waals surface area contributed by atoms with E-state index in [4.69, 9.17) is 5.73 Å². The second-order valence-electron chi connectivity index (χ2n) is 5.59. The number of rotatable bonds is 4. The minimum atomic E-state index is -4.16. The van der Waals surface area contributed by atoms with Gasteiger partial charge in [-0.2, -0.15) is 0 Å². The molecule has 0 heterocycles. The summed E-state index contributed by atoms with van der Waals surface area (Å²) in [6, 6.07) is 2.02. The first-order chi connectivity index (χ1) is 8.78. The SMILES string of the molecule is CC(C)(O)C(C)(C)NS(=O)(=O)c1cc(N)c(Br)cc1F. The number of nitrogen functional groups attached to an aromatic ring is 1. The molecule has 0 aliphatic rings. The van der Waals surface area contributed by atoms with Crippen LogP contribution in [0.25, 0.3) is 0 Å². The standard InChI is InChI=1S/C12H18BrFN2O3S/c1-11(2,12(3,4)17)16-20(18,19)10-6-9(15)7(13)5-8(10)14/h5-6,16-17H,15H2,1-4H3. The van der Waals surface area contributed by atoms with Crippen LogP contribution >= 0.6 is 15.9 Å². The van der Waals surface area contributed by atoms with Gasteiger partial charge in [-0.3, -0.25) is 0 Å². The molecule has 5 nitrogen and oxygen atoms in total. The zero-order chi connectivity index (χ0) is 15.9. The molecule has 0 spiro atoms. The first-order valence-electron chi connectivity index (χ1n) is 5.79. The van der Waals surface area contributed by atoms with E-state index < -0.39 is 31.9 Å². The molecule has 0 fully saturated rings. The lowest BCUT2D eigenvalue weighted by molar-refractivity contribution is 0.00636. The summed E-state index contributed by atoms with van der Waals surface area (Å²) in [4.78, 5) is -0.560. The van der Waals surface area contributed by atoms with E-state index in [1.54, 1.807) is 0 Å². The van der Waals surface area contributed by atoms with Gasteiger partial charge >= 0.3 is 0 Å². The maximum atomic E-state index is 13.8. The molecule has 1 rings (SSSR count). The smallest absolute Gasteiger partial charge is 0.244 e. The third-order valence-corrected chi connectivity index (χ3v) is 5.62. The van der Waals surface area contributed by atoms with Crippen molar-refractivity contribution in [3.8, 4) is 0 Å². The van der Waals surface area contributed by atoms with Crippen LogP contribution in [0, 0.1) is 5.82 Å². The molecule has 1 aromatic carbocycles. The average Bonchev–Trinajstić information content (AvgIpc) is 2.19. The molecule has 1 aromatic rings. The lowest BCUT2D eigenvalue weighted by atomic mass is 9.87. The molecule has 0 radical (unpaired) electrons. The summed E-state index contributed by atoms with van der Waals surface area (Å²) >= 11 is 3.02. The van der Waals surface area contributed by atoms with Crippen LogP contribution in [0.15, 0.2) is 21.5 Å². The van der Waals surface area contributed by atoms with Crippen molar-refractivity contribution >= 4 is 31.6 Å². The molecule has 4 N–H and O–H groups in total. The number of hydrogen-bond donors (Lipinski definition) is 3. The van der Waals surface area contributed by atoms with Crippen LogP contribution in [-0.4, -0.2) is 24.7 Å². The highest BCUT2D eigenvalue weighted by atomic mass is 79.9. The van der Waals surface area contributed by atoms with Crippen LogP contribution in [0.4, 0.5) is 10.1 Å². The maximum Gasteiger partial charge on any atom is 0.244 e. The molecule has 0 saturated heterocycles. The first-order valence-corrected chi connectivity index (χ1v) is 8.06. The maximum absolute atomic E-state index is 13.8. The lowest BCUT2D eigenvalue weighted by Crippen LogP contribution is -2.57. The van der Waals surface area contributed by atoms with Gasteiger partial charge in [-0.05, 0) is 55.8 Å². The summed E-state index contributed by atoms with van der Waals surface area (Å²) < 4.78 is 40.9. The number of nitrogens with two attached hydrogens (primary N) is 1. The molecule has 8 heteroatoms. The molecular weight excluding hydrogens is 351 g/mol. The van der Waals surface area contributed by atoms with Gasteiger partial charge in [0.15, 0.2) is 0 Å². The van der Waals surface area contributed by atoms with Crippen LogP contribution in [0.2, 0.25) is 0 Å². The van der Waals surface area contributed by atoms with Crippen LogP contribution in [0.3, 0.4) is 0 Å². The van der Waals surface area contributed by atoms with Crippen molar-refractivity contribution in [3.05, 3.63) is 22.4 Å². The van der Waals surface area contributed by atoms with E-state index >= 15 is 0 Å². The van der Waals surface area contributed by atoms with Gasteiger partial charge in [0.1, 0.15) is 10.7 Å². The Morgan fingerprint density at radius 1 is 1.30 bits per heavy atom. The van der Waals surface area contributed by atoms with E-state index in [2.05, 4.69) is 20.7 Å². The second kappa shape index (κ2) is 5.25. The molecule has 114 valence electrons. The van der Waals surface area contributed by atoms with Crippen molar-refractivity contribution in [2.24, 2.45) is 0 Å². The summed E-state index contributed by atoms with van der Waals surface area (Å²) in [6.07, 6.45) is 0. The molecule has 0 aromatic heterocycles. The van der Waals surface area contributed by atoms with E-state index in [0.29, 0.717) is 0 Å². The Balaban J connectivity index is 3.29. The molecule has 0 saturated carbocycles. The van der Waals surface area contributed by atoms with Crippen molar-refractivity contribution in [1.29, 1.82) is 0 Å². The van der Waals surface area contributed by atoms with Crippen LogP contribution in [-0.2, 0) is 10.0 Å². The fourth-order valence-electron chi connectivity index (χ4n) is 1.27. The van der Waals surface area contributed by atoms with Crippen molar-refractivity contribution in [2.75, 3.05) is 5.73 Å². The molecule has 0 aliphatic heterocycles. The van der Waals surface area contributed by atoms with Gasteiger partial charge in [0.25, 0.3) is 0 Å². The van der Waals surface area contributed by atoms with Gasteiger partial charge in [-0.15, -0.1) is 0 Å². The number of anilines is 1. The van der Waals surface area contributed by atoms with Crippen LogP contribution < -0.4 is 10.5 Å². The molecular formula is C12H18BrFN2O3S. The molecule has 0 unspecified atom stereocenters. The number of nitrogens with one attached hydrogen (secondary N) is 1. The van der Waals surface area contributed by atoms with Crippen molar-refractivity contribution in [1.82, 2.24) is 4.72 Å². The van der Waals surface area contributed by atoms with Crippen molar-refractivity contribution < 1.29 is 17.9 Å². The average molecular weight is 369 g/mol. The van der Waals surface area contributed by atoms with Crippen molar-refractivity contribution in [2.45, 2.75) is 43.7 Å². The number of aliphatic hydroxyl groups is 1. The quantitative estimate of drug-likeness (QED) is 0.708. The van der Waals surface area contributed by atoms with E-state index in [-0.39, 0.29) is 10.2 Å². The number of benzene rings is 1. The van der Waals surface area contributed by atoms with Gasteiger partial charge < -0.3 is 10.8 Å². The number of sulfonamides is 1. The highest BCUT2D eigenvalue weighted by Crippen LogP contribution is 2.28. The normalized spacial score (nSPS) is 13.6. The Morgan fingerprint density at radius 3 is 2.25 bits per heavy atom. The summed E-state index contributed by atoms with van der Waals surface area (Å²) in [6.45, 7) is 5.93. The predicted molar refractivity (Wildman–Crippen MR) is 79.2 cm³/mol. The highest BCUT2D eigenvalue weighted by molar-refractivity contribution is 9.10. The molecule has 0 atom stereocenters. The van der Waals surface area contributed by atoms with Crippen LogP contribution in [0.5, 0.6) is 0 Å². The Kier molecular flexibility index (Phi) is 4.55. The third kappa shape index (κ3) is 3.49. The topological polar surface area (TPSA) is 92.4 Å². The van der Waals surface area contributed by atoms with Crippen molar-refractivity contribution in [3.63, 3.8) is 0 Å². The van der Waals surface area contributed by atoms with Gasteiger partial charge in [-0.1, -0.05) is 0 Å². The Morgan fingerprint density at radius 2 is 1.80 bits per heavy atom. The minimum Gasteiger partial charge on any atom is -0.398 e.